The highest BCUT2D eigenvalue weighted by Gasteiger charge is 2.19. The smallest absolute Gasteiger partial charge is 0.304 e. The maximum absolute atomic E-state index is 11.2. The van der Waals surface area contributed by atoms with Crippen LogP contribution in [-0.4, -0.2) is 30.0 Å². The summed E-state index contributed by atoms with van der Waals surface area (Å²) < 4.78 is 21.4. The van der Waals surface area contributed by atoms with Gasteiger partial charge in [0.25, 0.3) is 0 Å². The van der Waals surface area contributed by atoms with Gasteiger partial charge in [0, 0.05) is 18.8 Å². The van der Waals surface area contributed by atoms with Gasteiger partial charge in [-0.25, -0.2) is 0 Å². The van der Waals surface area contributed by atoms with Crippen molar-refractivity contribution in [2.45, 2.75) is 20.0 Å². The van der Waals surface area contributed by atoms with E-state index in [2.05, 4.69) is 24.0 Å². The molecule has 1 aromatic rings. The van der Waals surface area contributed by atoms with Crippen LogP contribution in [0.3, 0.4) is 0 Å². The minimum absolute atomic E-state index is 0.115. The van der Waals surface area contributed by atoms with E-state index in [1.807, 2.05) is 19.1 Å². The highest BCUT2D eigenvalue weighted by Crippen LogP contribution is 2.21. The van der Waals surface area contributed by atoms with E-state index in [-0.39, 0.29) is 6.10 Å². The minimum atomic E-state index is -1.60. The zero-order chi connectivity index (χ0) is 12.3. The maximum atomic E-state index is 11.2. The van der Waals surface area contributed by atoms with E-state index in [4.69, 9.17) is 8.37 Å². The highest BCUT2D eigenvalue weighted by atomic mass is 32.2. The Morgan fingerprint density at radius 1 is 1.41 bits per heavy atom. The molecule has 2 atom stereocenters. The van der Waals surface area contributed by atoms with E-state index in [0.717, 1.165) is 13.1 Å². The molecule has 1 aliphatic rings. The van der Waals surface area contributed by atoms with Crippen molar-refractivity contribution in [3.05, 3.63) is 29.8 Å². The van der Waals surface area contributed by atoms with Crippen LogP contribution in [0, 0.1) is 6.92 Å². The Morgan fingerprint density at radius 3 is 2.94 bits per heavy atom. The van der Waals surface area contributed by atoms with Crippen LogP contribution in [0.1, 0.15) is 12.5 Å². The Hall–Kier alpha value is -0.910. The first-order chi connectivity index (χ1) is 8.16. The van der Waals surface area contributed by atoms with Gasteiger partial charge in [-0.3, -0.25) is 8.37 Å². The molecule has 0 spiro atoms. The van der Waals surface area contributed by atoms with Crippen molar-refractivity contribution >= 4 is 17.0 Å². The molecule has 94 valence electrons. The van der Waals surface area contributed by atoms with Gasteiger partial charge in [0.2, 0.25) is 0 Å². The minimum Gasteiger partial charge on any atom is -0.366 e. The van der Waals surface area contributed by atoms with Gasteiger partial charge in [-0.1, -0.05) is 18.2 Å². The summed E-state index contributed by atoms with van der Waals surface area (Å²) in [6, 6.07) is 8.21. The van der Waals surface area contributed by atoms with Gasteiger partial charge in [0.1, 0.15) is 0 Å². The summed E-state index contributed by atoms with van der Waals surface area (Å²) in [7, 11) is 0. The van der Waals surface area contributed by atoms with Gasteiger partial charge in [-0.15, -0.1) is 0 Å². The van der Waals surface area contributed by atoms with E-state index < -0.39 is 11.4 Å². The van der Waals surface area contributed by atoms with Gasteiger partial charge in [-0.05, 0) is 25.5 Å². The van der Waals surface area contributed by atoms with Crippen LogP contribution >= 0.6 is 0 Å². The largest absolute Gasteiger partial charge is 0.366 e. The fraction of sp³-hybridized carbons (Fsp3) is 0.500. The standard InChI is InChI=1S/C12H17NO3S/c1-10-5-3-4-6-12(10)13-7-8-15-17(14)16-11(2)9-13/h3-6,11H,7-9H2,1-2H3/t11-,17-/m1/s1. The SMILES string of the molecule is Cc1ccccc1N1CCO[S@@](=O)O[C@H](C)C1. The maximum Gasteiger partial charge on any atom is 0.304 e. The second kappa shape index (κ2) is 5.62. The average Bonchev–Trinajstić information content (AvgIpc) is 2.26. The quantitative estimate of drug-likeness (QED) is 0.767. The fourth-order valence-corrected chi connectivity index (χ4v) is 2.54. The molecule has 0 bridgehead atoms. The van der Waals surface area contributed by atoms with E-state index in [1.165, 1.54) is 11.3 Å². The molecule has 0 unspecified atom stereocenters. The molecule has 1 aromatic carbocycles. The van der Waals surface area contributed by atoms with Gasteiger partial charge >= 0.3 is 11.4 Å². The first kappa shape index (κ1) is 12.5. The second-order valence-corrected chi connectivity index (χ2v) is 5.00. The first-order valence-electron chi connectivity index (χ1n) is 5.69. The van der Waals surface area contributed by atoms with Crippen LogP contribution in [0.15, 0.2) is 24.3 Å². The number of benzene rings is 1. The molecule has 0 radical (unpaired) electrons. The second-order valence-electron chi connectivity index (χ2n) is 4.17. The van der Waals surface area contributed by atoms with Gasteiger partial charge in [0.15, 0.2) is 0 Å². The lowest BCUT2D eigenvalue weighted by molar-refractivity contribution is 0.184. The average molecular weight is 255 g/mol. The molecule has 17 heavy (non-hydrogen) atoms. The molecule has 0 aliphatic carbocycles. The zero-order valence-electron chi connectivity index (χ0n) is 10.1. The molecule has 0 saturated carbocycles. The number of hydrogen-bond donors (Lipinski definition) is 0. The third kappa shape index (κ3) is 3.28. The van der Waals surface area contributed by atoms with Crippen LogP contribution in [0.4, 0.5) is 5.69 Å². The lowest BCUT2D eigenvalue weighted by Crippen LogP contribution is -2.38. The van der Waals surface area contributed by atoms with E-state index in [1.54, 1.807) is 0 Å². The van der Waals surface area contributed by atoms with Crippen LogP contribution < -0.4 is 4.90 Å². The summed E-state index contributed by atoms with van der Waals surface area (Å²) in [5.74, 6) is 0. The number of para-hydroxylation sites is 1. The summed E-state index contributed by atoms with van der Waals surface area (Å²) in [6.45, 7) is 5.84. The van der Waals surface area contributed by atoms with E-state index >= 15 is 0 Å². The van der Waals surface area contributed by atoms with Gasteiger partial charge in [-0.2, -0.15) is 4.21 Å². The van der Waals surface area contributed by atoms with Crippen LogP contribution in [0.5, 0.6) is 0 Å². The molecular weight excluding hydrogens is 238 g/mol. The zero-order valence-corrected chi connectivity index (χ0v) is 10.9. The lowest BCUT2D eigenvalue weighted by Gasteiger charge is -2.30. The van der Waals surface area contributed by atoms with Crippen molar-refractivity contribution in [2.75, 3.05) is 24.6 Å². The normalized spacial score (nSPS) is 26.4. The summed E-state index contributed by atoms with van der Waals surface area (Å²) in [6.07, 6.45) is -0.115. The molecule has 2 rings (SSSR count). The molecule has 0 aromatic heterocycles. The molecule has 0 amide bonds. The Bertz CT molecular complexity index is 410. The highest BCUT2D eigenvalue weighted by molar-refractivity contribution is 7.75. The number of rotatable bonds is 1. The molecular formula is C12H17NO3S. The predicted octanol–water partition coefficient (Wildman–Crippen LogP) is 1.82. The van der Waals surface area contributed by atoms with Crippen molar-refractivity contribution in [3.8, 4) is 0 Å². The summed E-state index contributed by atoms with van der Waals surface area (Å²) in [5, 5.41) is 0. The summed E-state index contributed by atoms with van der Waals surface area (Å²) in [5.41, 5.74) is 2.40. The number of anilines is 1. The van der Waals surface area contributed by atoms with Crippen molar-refractivity contribution in [2.24, 2.45) is 0 Å². The van der Waals surface area contributed by atoms with Crippen molar-refractivity contribution in [3.63, 3.8) is 0 Å². The monoisotopic (exact) mass is 255 g/mol. The van der Waals surface area contributed by atoms with Gasteiger partial charge in [0.05, 0.1) is 12.7 Å². The van der Waals surface area contributed by atoms with E-state index in [0.29, 0.717) is 6.61 Å². The molecule has 4 nitrogen and oxygen atoms in total. The van der Waals surface area contributed by atoms with Crippen LogP contribution in [0.2, 0.25) is 0 Å². The van der Waals surface area contributed by atoms with E-state index in [9.17, 15) is 4.21 Å². The Labute approximate surface area is 104 Å². The van der Waals surface area contributed by atoms with Crippen LogP contribution in [-0.2, 0) is 19.7 Å². The fourth-order valence-electron chi connectivity index (χ4n) is 1.95. The predicted molar refractivity (Wildman–Crippen MR) is 68.0 cm³/mol. The Kier molecular flexibility index (Phi) is 4.15. The topological polar surface area (TPSA) is 38.8 Å². The lowest BCUT2D eigenvalue weighted by atomic mass is 10.1. The molecule has 1 aliphatic heterocycles. The first-order valence-corrected chi connectivity index (χ1v) is 6.69. The Morgan fingerprint density at radius 2 is 2.18 bits per heavy atom. The molecule has 1 heterocycles. The molecule has 1 fully saturated rings. The molecule has 0 N–H and O–H groups in total. The molecule has 5 heteroatoms. The molecule has 1 saturated heterocycles. The number of aryl methyl sites for hydroxylation is 1. The van der Waals surface area contributed by atoms with Crippen LogP contribution in [0.25, 0.3) is 0 Å². The van der Waals surface area contributed by atoms with Gasteiger partial charge < -0.3 is 4.90 Å². The third-order valence-electron chi connectivity index (χ3n) is 2.72. The van der Waals surface area contributed by atoms with Crippen molar-refractivity contribution < 1.29 is 12.6 Å². The Balaban J connectivity index is 2.15. The van der Waals surface area contributed by atoms with Crippen molar-refractivity contribution in [1.29, 1.82) is 0 Å². The number of nitrogens with zero attached hydrogens (tertiary/aromatic N) is 1. The van der Waals surface area contributed by atoms with Crippen molar-refractivity contribution in [1.82, 2.24) is 0 Å². The third-order valence-corrected chi connectivity index (χ3v) is 3.56. The summed E-state index contributed by atoms with van der Waals surface area (Å²) in [4.78, 5) is 2.20. The summed E-state index contributed by atoms with van der Waals surface area (Å²) >= 11 is -1.60. The number of hydrogen-bond acceptors (Lipinski definition) is 4.